The minimum absolute atomic E-state index is 0.0148. The molecule has 0 spiro atoms. The van der Waals surface area contributed by atoms with Gasteiger partial charge in [0.05, 0.1) is 12.0 Å². The number of carbonyl (C=O) groups is 1. The van der Waals surface area contributed by atoms with Gasteiger partial charge >= 0.3 is 5.97 Å². The van der Waals surface area contributed by atoms with Crippen molar-refractivity contribution in [2.75, 3.05) is 13.3 Å². The Bertz CT molecular complexity index is 209. The van der Waals surface area contributed by atoms with Crippen LogP contribution in [0.3, 0.4) is 0 Å². The Morgan fingerprint density at radius 2 is 2.08 bits per heavy atom. The molecule has 0 aliphatic rings. The molecule has 0 aromatic rings. The van der Waals surface area contributed by atoms with Crippen molar-refractivity contribution in [2.45, 2.75) is 13.8 Å². The van der Waals surface area contributed by atoms with E-state index in [2.05, 4.69) is 4.99 Å². The second-order valence-electron chi connectivity index (χ2n) is 3.25. The zero-order valence-corrected chi connectivity index (χ0v) is 7.78. The molecule has 0 fully saturated rings. The van der Waals surface area contributed by atoms with Gasteiger partial charge < -0.3 is 21.3 Å². The SMILES string of the molecule is CC(C)(COCN=C(N)N)C(=O)O. The third kappa shape index (κ3) is 5.02. The highest BCUT2D eigenvalue weighted by Crippen LogP contribution is 2.14. The van der Waals surface area contributed by atoms with Crippen LogP contribution in [-0.4, -0.2) is 30.4 Å². The molecule has 0 aliphatic carbocycles. The first-order valence-electron chi connectivity index (χ1n) is 3.73. The van der Waals surface area contributed by atoms with Gasteiger partial charge in [-0.05, 0) is 13.8 Å². The Morgan fingerprint density at radius 3 is 2.46 bits per heavy atom. The van der Waals surface area contributed by atoms with Gasteiger partial charge in [-0.2, -0.15) is 0 Å². The fourth-order valence-corrected chi connectivity index (χ4v) is 0.483. The molecule has 0 saturated heterocycles. The summed E-state index contributed by atoms with van der Waals surface area (Å²) in [7, 11) is 0. The molecular formula is C7H15N3O3. The van der Waals surface area contributed by atoms with Crippen LogP contribution >= 0.6 is 0 Å². The van der Waals surface area contributed by atoms with Crippen LogP contribution in [0.2, 0.25) is 0 Å². The second kappa shape index (κ2) is 4.66. The average Bonchev–Trinajstić information content (AvgIpc) is 1.97. The van der Waals surface area contributed by atoms with Gasteiger partial charge in [-0.1, -0.05) is 0 Å². The first-order chi connectivity index (χ1) is 5.86. The molecule has 6 nitrogen and oxygen atoms in total. The lowest BCUT2D eigenvalue weighted by Gasteiger charge is -2.17. The van der Waals surface area contributed by atoms with Gasteiger partial charge in [-0.3, -0.25) is 4.79 Å². The lowest BCUT2D eigenvalue weighted by Crippen LogP contribution is -2.30. The van der Waals surface area contributed by atoms with E-state index in [4.69, 9.17) is 21.3 Å². The maximum Gasteiger partial charge on any atom is 0.311 e. The van der Waals surface area contributed by atoms with Crippen molar-refractivity contribution in [1.29, 1.82) is 0 Å². The number of nitrogens with two attached hydrogens (primary N) is 2. The molecule has 76 valence electrons. The van der Waals surface area contributed by atoms with Gasteiger partial charge in [0.1, 0.15) is 6.73 Å². The lowest BCUT2D eigenvalue weighted by atomic mass is 9.95. The summed E-state index contributed by atoms with van der Waals surface area (Å²) in [6.07, 6.45) is 0. The number of carboxylic acid groups (broad SMARTS) is 1. The van der Waals surface area contributed by atoms with E-state index in [9.17, 15) is 4.79 Å². The summed E-state index contributed by atoms with van der Waals surface area (Å²) in [5, 5.41) is 8.68. The highest BCUT2D eigenvalue weighted by molar-refractivity contribution is 5.75. The number of hydrogen-bond donors (Lipinski definition) is 3. The quantitative estimate of drug-likeness (QED) is 0.302. The Morgan fingerprint density at radius 1 is 1.54 bits per heavy atom. The van der Waals surface area contributed by atoms with Gasteiger partial charge in [0.25, 0.3) is 0 Å². The first-order valence-corrected chi connectivity index (χ1v) is 3.73. The monoisotopic (exact) mass is 189 g/mol. The zero-order valence-electron chi connectivity index (χ0n) is 7.78. The Balaban J connectivity index is 3.77. The molecule has 0 radical (unpaired) electrons. The molecule has 5 N–H and O–H groups in total. The summed E-state index contributed by atoms with van der Waals surface area (Å²) in [5.74, 6) is -0.995. The number of hydrogen-bond acceptors (Lipinski definition) is 3. The van der Waals surface area contributed by atoms with Crippen LogP contribution in [0.1, 0.15) is 13.8 Å². The molecule has 0 amide bonds. The smallest absolute Gasteiger partial charge is 0.311 e. The lowest BCUT2D eigenvalue weighted by molar-refractivity contribution is -0.150. The third-order valence-electron chi connectivity index (χ3n) is 1.38. The van der Waals surface area contributed by atoms with Gasteiger partial charge in [0.2, 0.25) is 0 Å². The topological polar surface area (TPSA) is 111 Å². The number of aliphatic carboxylic acids is 1. The van der Waals surface area contributed by atoms with Crippen LogP contribution < -0.4 is 11.5 Å². The number of rotatable bonds is 5. The number of guanidine groups is 1. The third-order valence-corrected chi connectivity index (χ3v) is 1.38. The molecule has 0 aromatic heterocycles. The highest BCUT2D eigenvalue weighted by Gasteiger charge is 2.27. The van der Waals surface area contributed by atoms with E-state index in [1.807, 2.05) is 0 Å². The Kier molecular flexibility index (Phi) is 4.19. The minimum Gasteiger partial charge on any atom is -0.481 e. The molecule has 0 aliphatic heterocycles. The number of ether oxygens (including phenoxy) is 1. The van der Waals surface area contributed by atoms with Crippen LogP contribution in [0.25, 0.3) is 0 Å². The van der Waals surface area contributed by atoms with E-state index < -0.39 is 11.4 Å². The molecule has 0 rings (SSSR count). The van der Waals surface area contributed by atoms with E-state index >= 15 is 0 Å². The molecule has 0 aromatic carbocycles. The van der Waals surface area contributed by atoms with Crippen LogP contribution in [0.4, 0.5) is 0 Å². The first kappa shape index (κ1) is 11.7. The number of aliphatic imine (C=N–C) groups is 1. The van der Waals surface area contributed by atoms with Gasteiger partial charge in [-0.15, -0.1) is 0 Å². The predicted molar refractivity (Wildman–Crippen MR) is 48.0 cm³/mol. The minimum atomic E-state index is -0.919. The van der Waals surface area contributed by atoms with E-state index in [1.54, 1.807) is 13.8 Å². The van der Waals surface area contributed by atoms with E-state index in [1.165, 1.54) is 0 Å². The highest BCUT2D eigenvalue weighted by atomic mass is 16.5. The van der Waals surface area contributed by atoms with Crippen LogP contribution in [0.15, 0.2) is 4.99 Å². The van der Waals surface area contributed by atoms with Gasteiger partial charge in [-0.25, -0.2) is 4.99 Å². The van der Waals surface area contributed by atoms with Crippen molar-refractivity contribution in [3.05, 3.63) is 0 Å². The Labute approximate surface area is 76.6 Å². The largest absolute Gasteiger partial charge is 0.481 e. The molecule has 0 heterocycles. The van der Waals surface area contributed by atoms with Crippen LogP contribution in [0.5, 0.6) is 0 Å². The summed E-state index contributed by atoms with van der Waals surface area (Å²) >= 11 is 0. The maximum atomic E-state index is 10.6. The molecular weight excluding hydrogens is 174 g/mol. The normalized spacial score (nSPS) is 10.9. The summed E-state index contributed by atoms with van der Waals surface area (Å²) in [5.41, 5.74) is 9.15. The molecule has 0 atom stereocenters. The van der Waals surface area contributed by atoms with Crippen molar-refractivity contribution in [3.63, 3.8) is 0 Å². The number of nitrogens with zero attached hydrogens (tertiary/aromatic N) is 1. The van der Waals surface area contributed by atoms with Crippen molar-refractivity contribution in [3.8, 4) is 0 Å². The van der Waals surface area contributed by atoms with E-state index in [0.717, 1.165) is 0 Å². The second-order valence-corrected chi connectivity index (χ2v) is 3.25. The van der Waals surface area contributed by atoms with Crippen LogP contribution in [0, 0.1) is 5.41 Å². The molecule has 13 heavy (non-hydrogen) atoms. The van der Waals surface area contributed by atoms with E-state index in [0.29, 0.717) is 0 Å². The zero-order chi connectivity index (χ0) is 10.5. The summed E-state index contributed by atoms with van der Waals surface area (Å²) in [6.45, 7) is 3.17. The fourth-order valence-electron chi connectivity index (χ4n) is 0.483. The fraction of sp³-hybridized carbons (Fsp3) is 0.714. The van der Waals surface area contributed by atoms with Crippen molar-refractivity contribution in [2.24, 2.45) is 21.9 Å². The Hall–Kier alpha value is -1.30. The standard InChI is InChI=1S/C7H15N3O3/c1-7(2,5(11)12)3-13-4-10-6(8)9/h3-4H2,1-2H3,(H,11,12)(H4,8,9,10). The molecule has 0 saturated carbocycles. The van der Waals surface area contributed by atoms with Crippen LogP contribution in [-0.2, 0) is 9.53 Å². The van der Waals surface area contributed by atoms with Crippen molar-refractivity contribution < 1.29 is 14.6 Å². The predicted octanol–water partition coefficient (Wildman–Crippen LogP) is -0.655. The molecule has 0 bridgehead atoms. The summed E-state index contributed by atoms with van der Waals surface area (Å²) in [6, 6.07) is 0. The summed E-state index contributed by atoms with van der Waals surface area (Å²) < 4.78 is 4.94. The molecule has 6 heteroatoms. The molecule has 0 unspecified atom stereocenters. The van der Waals surface area contributed by atoms with Gasteiger partial charge in [0, 0.05) is 0 Å². The summed E-state index contributed by atoms with van der Waals surface area (Å²) in [4.78, 5) is 14.1. The van der Waals surface area contributed by atoms with Gasteiger partial charge in [0.15, 0.2) is 5.96 Å². The maximum absolute atomic E-state index is 10.6. The van der Waals surface area contributed by atoms with Crippen molar-refractivity contribution >= 4 is 11.9 Å². The average molecular weight is 189 g/mol. The number of carboxylic acids is 1. The van der Waals surface area contributed by atoms with E-state index in [-0.39, 0.29) is 19.3 Å². The van der Waals surface area contributed by atoms with Crippen molar-refractivity contribution in [1.82, 2.24) is 0 Å².